The van der Waals surface area contributed by atoms with Crippen LogP contribution >= 0.6 is 11.3 Å². The van der Waals surface area contributed by atoms with Gasteiger partial charge in [0.1, 0.15) is 12.4 Å². The Morgan fingerprint density at radius 3 is 2.08 bits per heavy atom. The molecular weight excluding hydrogens is 503 g/mol. The lowest BCUT2D eigenvalue weighted by atomic mass is 10.1. The van der Waals surface area contributed by atoms with Crippen molar-refractivity contribution in [1.82, 2.24) is 9.80 Å². The van der Waals surface area contributed by atoms with Crippen LogP contribution < -0.4 is 0 Å². The maximum atomic E-state index is 13.5. The standard InChI is InChI=1S/C25H25FN4O6S/c1-3-9-27(25(32)19-11-21(29(33)34)13-22(12-19)30(35)36)16-24(31)28(15-23-17(2)8-10-37-23)14-18-4-6-20(26)7-5-18/h4-8,10-13H,3,9,14-16H2,1-2H3. The zero-order valence-electron chi connectivity index (χ0n) is 20.3. The molecule has 2 aromatic carbocycles. The van der Waals surface area contributed by atoms with E-state index in [0.29, 0.717) is 12.0 Å². The highest BCUT2D eigenvalue weighted by molar-refractivity contribution is 7.10. The number of nitro benzene ring substituents is 2. The Balaban J connectivity index is 1.89. The van der Waals surface area contributed by atoms with Gasteiger partial charge in [0, 0.05) is 30.1 Å². The fourth-order valence-electron chi connectivity index (χ4n) is 3.68. The molecule has 3 rings (SSSR count). The minimum atomic E-state index is -0.813. The maximum absolute atomic E-state index is 13.5. The van der Waals surface area contributed by atoms with Gasteiger partial charge < -0.3 is 9.80 Å². The molecule has 12 heteroatoms. The van der Waals surface area contributed by atoms with Crippen LogP contribution in [0.25, 0.3) is 0 Å². The highest BCUT2D eigenvalue weighted by Gasteiger charge is 2.26. The number of carbonyl (C=O) groups excluding carboxylic acids is 2. The Labute approximate surface area is 216 Å². The molecule has 0 aliphatic heterocycles. The molecule has 0 bridgehead atoms. The average Bonchev–Trinajstić information content (AvgIpc) is 3.27. The number of aryl methyl sites for hydroxylation is 1. The fraction of sp³-hybridized carbons (Fsp3) is 0.280. The van der Waals surface area contributed by atoms with Crippen molar-refractivity contribution in [2.45, 2.75) is 33.4 Å². The Kier molecular flexibility index (Phi) is 9.01. The van der Waals surface area contributed by atoms with Crippen LogP contribution in [-0.2, 0) is 17.9 Å². The lowest BCUT2D eigenvalue weighted by molar-refractivity contribution is -0.394. The highest BCUT2D eigenvalue weighted by atomic mass is 32.1. The number of amides is 2. The third kappa shape index (κ3) is 7.17. The highest BCUT2D eigenvalue weighted by Crippen LogP contribution is 2.24. The van der Waals surface area contributed by atoms with Gasteiger partial charge in [-0.3, -0.25) is 29.8 Å². The third-order valence-corrected chi connectivity index (χ3v) is 6.63. The molecule has 0 saturated carbocycles. The number of benzene rings is 2. The number of thiophene rings is 1. The van der Waals surface area contributed by atoms with E-state index in [9.17, 15) is 34.2 Å². The molecule has 0 fully saturated rings. The van der Waals surface area contributed by atoms with Gasteiger partial charge >= 0.3 is 0 Å². The average molecular weight is 529 g/mol. The summed E-state index contributed by atoms with van der Waals surface area (Å²) in [6.07, 6.45) is 0.484. The van der Waals surface area contributed by atoms with Crippen molar-refractivity contribution in [3.63, 3.8) is 0 Å². The van der Waals surface area contributed by atoms with Crippen LogP contribution in [0.2, 0.25) is 0 Å². The van der Waals surface area contributed by atoms with Gasteiger partial charge in [0.25, 0.3) is 17.3 Å². The number of non-ortho nitro benzene ring substituents is 2. The summed E-state index contributed by atoms with van der Waals surface area (Å²) in [6, 6.07) is 10.4. The van der Waals surface area contributed by atoms with Crippen LogP contribution in [0.3, 0.4) is 0 Å². The second kappa shape index (κ2) is 12.2. The van der Waals surface area contributed by atoms with Crippen LogP contribution in [0, 0.1) is 33.0 Å². The second-order valence-corrected chi connectivity index (χ2v) is 9.38. The molecule has 1 heterocycles. The van der Waals surface area contributed by atoms with Crippen LogP contribution in [0.4, 0.5) is 15.8 Å². The van der Waals surface area contributed by atoms with Gasteiger partial charge in [-0.15, -0.1) is 11.3 Å². The summed E-state index contributed by atoms with van der Waals surface area (Å²) >= 11 is 1.49. The summed E-state index contributed by atoms with van der Waals surface area (Å²) in [4.78, 5) is 51.4. The first-order valence-corrected chi connectivity index (χ1v) is 12.2. The number of nitrogens with zero attached hydrogens (tertiary/aromatic N) is 4. The molecule has 194 valence electrons. The first-order valence-electron chi connectivity index (χ1n) is 11.4. The van der Waals surface area contributed by atoms with E-state index in [0.717, 1.165) is 28.6 Å². The molecule has 0 aliphatic rings. The molecule has 0 atom stereocenters. The summed E-state index contributed by atoms with van der Waals surface area (Å²) in [5.74, 6) is -1.52. The molecule has 37 heavy (non-hydrogen) atoms. The van der Waals surface area contributed by atoms with E-state index in [4.69, 9.17) is 0 Å². The molecule has 0 unspecified atom stereocenters. The minimum Gasteiger partial charge on any atom is -0.332 e. The van der Waals surface area contributed by atoms with Crippen molar-refractivity contribution in [2.24, 2.45) is 0 Å². The summed E-state index contributed by atoms with van der Waals surface area (Å²) in [6.45, 7) is 3.99. The number of nitro groups is 2. The second-order valence-electron chi connectivity index (χ2n) is 8.38. The third-order valence-electron chi connectivity index (χ3n) is 5.62. The fourth-order valence-corrected chi connectivity index (χ4v) is 4.60. The predicted octanol–water partition coefficient (Wildman–Crippen LogP) is 5.09. The van der Waals surface area contributed by atoms with E-state index in [-0.39, 0.29) is 37.6 Å². The Hall–Kier alpha value is -4.19. The number of hydrogen-bond acceptors (Lipinski definition) is 7. The molecule has 3 aromatic rings. The van der Waals surface area contributed by atoms with Crippen molar-refractivity contribution in [1.29, 1.82) is 0 Å². The molecule has 0 saturated heterocycles. The van der Waals surface area contributed by atoms with Crippen molar-refractivity contribution >= 4 is 34.5 Å². The number of hydrogen-bond donors (Lipinski definition) is 0. The van der Waals surface area contributed by atoms with Crippen LogP contribution in [0.15, 0.2) is 53.9 Å². The number of rotatable bonds is 11. The van der Waals surface area contributed by atoms with E-state index in [1.165, 1.54) is 28.4 Å². The van der Waals surface area contributed by atoms with E-state index < -0.39 is 32.9 Å². The molecule has 1 aromatic heterocycles. The molecule has 0 aliphatic carbocycles. The zero-order valence-corrected chi connectivity index (χ0v) is 21.1. The van der Waals surface area contributed by atoms with E-state index >= 15 is 0 Å². The quantitative estimate of drug-likeness (QED) is 0.252. The van der Waals surface area contributed by atoms with Gasteiger partial charge in [-0.1, -0.05) is 19.1 Å². The SMILES string of the molecule is CCCN(CC(=O)N(Cc1ccc(F)cc1)Cc1sccc1C)C(=O)c1cc([N+](=O)[O-])cc([N+](=O)[O-])c1. The number of carbonyl (C=O) groups is 2. The molecule has 0 spiro atoms. The Morgan fingerprint density at radius 2 is 1.57 bits per heavy atom. The van der Waals surface area contributed by atoms with Crippen molar-refractivity contribution in [3.05, 3.63) is 102 Å². The zero-order chi connectivity index (χ0) is 27.1. The van der Waals surface area contributed by atoms with Crippen LogP contribution in [0.1, 0.15) is 39.7 Å². The topological polar surface area (TPSA) is 127 Å². The smallest absolute Gasteiger partial charge is 0.277 e. The van der Waals surface area contributed by atoms with E-state index in [1.807, 2.05) is 18.4 Å². The van der Waals surface area contributed by atoms with Gasteiger partial charge in [-0.25, -0.2) is 4.39 Å². The van der Waals surface area contributed by atoms with Crippen LogP contribution in [-0.4, -0.2) is 44.6 Å². The van der Waals surface area contributed by atoms with E-state index in [1.54, 1.807) is 24.0 Å². The maximum Gasteiger partial charge on any atom is 0.277 e. The molecule has 10 nitrogen and oxygen atoms in total. The molecule has 2 amide bonds. The Bertz CT molecular complexity index is 1280. The Morgan fingerprint density at radius 1 is 0.946 bits per heavy atom. The molecular formula is C25H25FN4O6S. The van der Waals surface area contributed by atoms with Gasteiger partial charge in [0.15, 0.2) is 0 Å². The summed E-state index contributed by atoms with van der Waals surface area (Å²) in [7, 11) is 0. The lowest BCUT2D eigenvalue weighted by Crippen LogP contribution is -2.42. The monoisotopic (exact) mass is 528 g/mol. The summed E-state index contributed by atoms with van der Waals surface area (Å²) in [5, 5.41) is 24.4. The van der Waals surface area contributed by atoms with Crippen molar-refractivity contribution in [3.8, 4) is 0 Å². The van der Waals surface area contributed by atoms with Crippen molar-refractivity contribution < 1.29 is 23.8 Å². The largest absolute Gasteiger partial charge is 0.332 e. The van der Waals surface area contributed by atoms with Crippen molar-refractivity contribution in [2.75, 3.05) is 13.1 Å². The van der Waals surface area contributed by atoms with Gasteiger partial charge in [-0.05, 0) is 48.1 Å². The van der Waals surface area contributed by atoms with Crippen LogP contribution in [0.5, 0.6) is 0 Å². The van der Waals surface area contributed by atoms with E-state index in [2.05, 4.69) is 0 Å². The lowest BCUT2D eigenvalue weighted by Gasteiger charge is -2.28. The molecule has 0 radical (unpaired) electrons. The number of halogens is 1. The predicted molar refractivity (Wildman–Crippen MR) is 136 cm³/mol. The summed E-state index contributed by atoms with van der Waals surface area (Å²) < 4.78 is 13.4. The summed E-state index contributed by atoms with van der Waals surface area (Å²) in [5.41, 5.74) is 0.276. The minimum absolute atomic E-state index is 0.156. The first-order chi connectivity index (χ1) is 17.6. The normalized spacial score (nSPS) is 10.7. The van der Waals surface area contributed by atoms with Gasteiger partial charge in [-0.2, -0.15) is 0 Å². The molecule has 0 N–H and O–H groups in total. The first kappa shape index (κ1) is 27.4. The van der Waals surface area contributed by atoms with Gasteiger partial charge in [0.05, 0.1) is 28.0 Å². The van der Waals surface area contributed by atoms with Gasteiger partial charge in [0.2, 0.25) is 5.91 Å².